The van der Waals surface area contributed by atoms with Crippen LogP contribution in [0.1, 0.15) is 5.69 Å². The summed E-state index contributed by atoms with van der Waals surface area (Å²) in [5.41, 5.74) is 10.8. The predicted molar refractivity (Wildman–Crippen MR) is 93.5 cm³/mol. The van der Waals surface area contributed by atoms with Gasteiger partial charge >= 0.3 is 0 Å². The normalized spacial score (nSPS) is 11.2. The van der Waals surface area contributed by atoms with Crippen LogP contribution >= 0.6 is 0 Å². The molecule has 4 aromatic rings. The van der Waals surface area contributed by atoms with Gasteiger partial charge < -0.3 is 15.5 Å². The van der Waals surface area contributed by atoms with E-state index in [1.165, 1.54) is 5.39 Å². The molecule has 2 aromatic carbocycles. The maximum Gasteiger partial charge on any atom is 0.118 e. The van der Waals surface area contributed by atoms with Crippen LogP contribution in [0.5, 0.6) is 5.75 Å². The maximum atomic E-state index is 5.85. The van der Waals surface area contributed by atoms with Crippen LogP contribution in [0.4, 0.5) is 0 Å². The van der Waals surface area contributed by atoms with Crippen LogP contribution in [0.3, 0.4) is 0 Å². The molecule has 0 fully saturated rings. The minimum Gasteiger partial charge on any atom is -0.497 e. The van der Waals surface area contributed by atoms with Gasteiger partial charge in [-0.3, -0.25) is 0 Å². The first-order valence-corrected chi connectivity index (χ1v) is 7.55. The number of H-pyrrole nitrogens is 1. The van der Waals surface area contributed by atoms with Crippen molar-refractivity contribution in [3.63, 3.8) is 0 Å². The largest absolute Gasteiger partial charge is 0.497 e. The lowest BCUT2D eigenvalue weighted by molar-refractivity contribution is 0.415. The fourth-order valence-corrected chi connectivity index (χ4v) is 2.96. The van der Waals surface area contributed by atoms with Crippen molar-refractivity contribution in [3.05, 3.63) is 60.3 Å². The van der Waals surface area contributed by atoms with E-state index in [-0.39, 0.29) is 0 Å². The number of nitrogens with zero attached hydrogens (tertiary/aromatic N) is 1. The Balaban J connectivity index is 2.03. The van der Waals surface area contributed by atoms with Gasteiger partial charge in [0.1, 0.15) is 5.75 Å². The summed E-state index contributed by atoms with van der Waals surface area (Å²) in [7, 11) is 1.66. The van der Waals surface area contributed by atoms with Crippen LogP contribution < -0.4 is 10.5 Å². The topological polar surface area (TPSA) is 63.9 Å². The third-order valence-electron chi connectivity index (χ3n) is 4.12. The first-order chi connectivity index (χ1) is 11.3. The lowest BCUT2D eigenvalue weighted by atomic mass is 10.1. The molecule has 114 valence electrons. The van der Waals surface area contributed by atoms with Crippen LogP contribution in [-0.2, 0) is 6.54 Å². The number of aromatic nitrogens is 2. The maximum absolute atomic E-state index is 5.85. The summed E-state index contributed by atoms with van der Waals surface area (Å²) >= 11 is 0. The third kappa shape index (κ3) is 2.24. The second-order valence-corrected chi connectivity index (χ2v) is 5.49. The lowest BCUT2D eigenvalue weighted by Crippen LogP contribution is -2.01. The fourth-order valence-electron chi connectivity index (χ4n) is 2.96. The van der Waals surface area contributed by atoms with E-state index in [9.17, 15) is 0 Å². The molecule has 2 heterocycles. The Morgan fingerprint density at radius 3 is 2.57 bits per heavy atom. The summed E-state index contributed by atoms with van der Waals surface area (Å²) < 4.78 is 5.24. The summed E-state index contributed by atoms with van der Waals surface area (Å²) in [4.78, 5) is 8.23. The minimum atomic E-state index is 0.415. The van der Waals surface area contributed by atoms with Crippen LogP contribution in [0.2, 0.25) is 0 Å². The highest BCUT2D eigenvalue weighted by Gasteiger charge is 2.13. The van der Waals surface area contributed by atoms with Crippen LogP contribution in [-0.4, -0.2) is 17.1 Å². The van der Waals surface area contributed by atoms with Gasteiger partial charge in [-0.2, -0.15) is 0 Å². The number of rotatable bonds is 3. The van der Waals surface area contributed by atoms with Crippen molar-refractivity contribution in [2.75, 3.05) is 7.11 Å². The van der Waals surface area contributed by atoms with Gasteiger partial charge in [-0.15, -0.1) is 0 Å². The molecule has 0 bridgehead atoms. The summed E-state index contributed by atoms with van der Waals surface area (Å²) in [6, 6.07) is 18.3. The second kappa shape index (κ2) is 5.41. The Morgan fingerprint density at radius 1 is 1.04 bits per heavy atom. The predicted octanol–water partition coefficient (Wildman–Crippen LogP) is 3.85. The zero-order valence-corrected chi connectivity index (χ0v) is 12.8. The van der Waals surface area contributed by atoms with Gasteiger partial charge in [0.2, 0.25) is 0 Å². The van der Waals surface area contributed by atoms with Crippen molar-refractivity contribution in [2.45, 2.75) is 6.54 Å². The summed E-state index contributed by atoms with van der Waals surface area (Å²) in [6.45, 7) is 0.415. The Kier molecular flexibility index (Phi) is 3.24. The molecule has 0 atom stereocenters. The number of pyridine rings is 1. The molecular formula is C19H17N3O. The number of aromatic amines is 1. The number of fused-ring (bicyclic) bond motifs is 3. The number of benzene rings is 2. The number of ether oxygens (including phenoxy) is 1. The molecule has 2 aromatic heterocycles. The summed E-state index contributed by atoms with van der Waals surface area (Å²) in [5, 5.41) is 2.34. The Bertz CT molecular complexity index is 987. The van der Waals surface area contributed by atoms with Gasteiger partial charge in [-0.05, 0) is 36.4 Å². The molecule has 0 saturated heterocycles. The number of hydrogen-bond donors (Lipinski definition) is 2. The number of para-hydroxylation sites is 1. The smallest absolute Gasteiger partial charge is 0.118 e. The van der Waals surface area contributed by atoms with E-state index in [0.717, 1.165) is 39.1 Å². The van der Waals surface area contributed by atoms with Gasteiger partial charge in [0, 0.05) is 28.4 Å². The van der Waals surface area contributed by atoms with E-state index >= 15 is 0 Å². The van der Waals surface area contributed by atoms with Gasteiger partial charge in [-0.1, -0.05) is 18.2 Å². The van der Waals surface area contributed by atoms with Gasteiger partial charge in [0.15, 0.2) is 0 Å². The molecule has 0 radical (unpaired) electrons. The molecule has 0 saturated carbocycles. The zero-order valence-electron chi connectivity index (χ0n) is 12.8. The molecule has 0 aliphatic rings. The molecule has 3 N–H and O–H groups in total. The number of nitrogens with one attached hydrogen (secondary N) is 1. The number of hydrogen-bond acceptors (Lipinski definition) is 3. The second-order valence-electron chi connectivity index (χ2n) is 5.49. The van der Waals surface area contributed by atoms with E-state index in [1.54, 1.807) is 7.11 Å². The van der Waals surface area contributed by atoms with E-state index in [1.807, 2.05) is 36.4 Å². The highest BCUT2D eigenvalue weighted by Crippen LogP contribution is 2.33. The summed E-state index contributed by atoms with van der Waals surface area (Å²) in [5.74, 6) is 0.830. The highest BCUT2D eigenvalue weighted by molar-refractivity contribution is 6.11. The Morgan fingerprint density at radius 2 is 1.83 bits per heavy atom. The van der Waals surface area contributed by atoms with Crippen LogP contribution in [0, 0.1) is 0 Å². The van der Waals surface area contributed by atoms with Crippen LogP contribution in [0.25, 0.3) is 33.1 Å². The SMILES string of the molecule is COc1ccc(-c2nc(CN)cc3c2[nH]c2ccccc23)cc1. The van der Waals surface area contributed by atoms with Crippen molar-refractivity contribution in [3.8, 4) is 17.0 Å². The van der Waals surface area contributed by atoms with Crippen molar-refractivity contribution in [2.24, 2.45) is 5.73 Å². The average Bonchev–Trinajstić information content (AvgIpc) is 2.99. The lowest BCUT2D eigenvalue weighted by Gasteiger charge is -2.07. The molecule has 0 spiro atoms. The molecule has 0 unspecified atom stereocenters. The van der Waals surface area contributed by atoms with E-state index in [0.29, 0.717) is 6.54 Å². The monoisotopic (exact) mass is 303 g/mol. The van der Waals surface area contributed by atoms with E-state index in [2.05, 4.69) is 23.2 Å². The highest BCUT2D eigenvalue weighted by atomic mass is 16.5. The third-order valence-corrected chi connectivity index (χ3v) is 4.12. The first kappa shape index (κ1) is 13.8. The van der Waals surface area contributed by atoms with Crippen molar-refractivity contribution in [1.29, 1.82) is 0 Å². The molecule has 4 nitrogen and oxygen atoms in total. The Hall–Kier alpha value is -2.85. The number of nitrogens with two attached hydrogens (primary N) is 1. The molecular weight excluding hydrogens is 286 g/mol. The standard InChI is InChI=1S/C19H17N3O/c1-23-14-8-6-12(7-9-14)18-19-16(10-13(11-20)21-18)15-4-2-3-5-17(15)22-19/h2-10,22H,11,20H2,1H3. The molecule has 23 heavy (non-hydrogen) atoms. The molecule has 0 aliphatic heterocycles. The summed E-state index contributed by atoms with van der Waals surface area (Å²) in [6.07, 6.45) is 0. The van der Waals surface area contributed by atoms with Gasteiger partial charge in [-0.25, -0.2) is 4.98 Å². The molecule has 0 aliphatic carbocycles. The molecule has 0 amide bonds. The van der Waals surface area contributed by atoms with Crippen molar-refractivity contribution in [1.82, 2.24) is 9.97 Å². The quantitative estimate of drug-likeness (QED) is 0.604. The van der Waals surface area contributed by atoms with E-state index in [4.69, 9.17) is 15.5 Å². The van der Waals surface area contributed by atoms with E-state index < -0.39 is 0 Å². The van der Waals surface area contributed by atoms with Crippen molar-refractivity contribution < 1.29 is 4.74 Å². The van der Waals surface area contributed by atoms with Crippen LogP contribution in [0.15, 0.2) is 54.6 Å². The first-order valence-electron chi connectivity index (χ1n) is 7.55. The van der Waals surface area contributed by atoms with Crippen molar-refractivity contribution >= 4 is 21.8 Å². The molecule has 4 rings (SSSR count). The minimum absolute atomic E-state index is 0.415. The molecule has 4 heteroatoms. The fraction of sp³-hybridized carbons (Fsp3) is 0.105. The zero-order chi connectivity index (χ0) is 15.8. The number of methoxy groups -OCH3 is 1. The average molecular weight is 303 g/mol. The van der Waals surface area contributed by atoms with Gasteiger partial charge in [0.05, 0.1) is 24.0 Å². The Labute approximate surface area is 133 Å². The van der Waals surface area contributed by atoms with Gasteiger partial charge in [0.25, 0.3) is 0 Å².